The van der Waals surface area contributed by atoms with Gasteiger partial charge in [0, 0.05) is 5.02 Å². The molecule has 0 heterocycles. The van der Waals surface area contributed by atoms with Crippen molar-refractivity contribution in [1.29, 1.82) is 0 Å². The predicted molar refractivity (Wildman–Crippen MR) is 93.9 cm³/mol. The van der Waals surface area contributed by atoms with Crippen LogP contribution in [0.2, 0.25) is 5.02 Å². The molecule has 0 fully saturated rings. The molecule has 1 amide bonds. The number of amides is 1. The summed E-state index contributed by atoms with van der Waals surface area (Å²) in [5, 5.41) is 3.69. The van der Waals surface area contributed by atoms with Gasteiger partial charge in [0.1, 0.15) is 5.75 Å². The van der Waals surface area contributed by atoms with Gasteiger partial charge in [0.2, 0.25) is 0 Å². The van der Waals surface area contributed by atoms with Crippen molar-refractivity contribution >= 4 is 17.5 Å². The maximum absolute atomic E-state index is 12.5. The lowest BCUT2D eigenvalue weighted by atomic mass is 10.1. The fourth-order valence-corrected chi connectivity index (χ4v) is 2.43. The molecule has 0 saturated carbocycles. The van der Waals surface area contributed by atoms with Gasteiger partial charge in [-0.1, -0.05) is 48.9 Å². The van der Waals surface area contributed by atoms with E-state index < -0.39 is 6.10 Å². The Morgan fingerprint density at radius 3 is 2.52 bits per heavy atom. The second kappa shape index (κ2) is 8.02. The molecule has 0 bridgehead atoms. The van der Waals surface area contributed by atoms with Gasteiger partial charge in [-0.15, -0.1) is 0 Å². The van der Waals surface area contributed by atoms with Gasteiger partial charge in [0.05, 0.1) is 6.04 Å². The maximum Gasteiger partial charge on any atom is 0.261 e. The second-order valence-corrected chi connectivity index (χ2v) is 5.97. The van der Waals surface area contributed by atoms with E-state index in [1.54, 1.807) is 12.1 Å². The Morgan fingerprint density at radius 1 is 1.22 bits per heavy atom. The van der Waals surface area contributed by atoms with Crippen molar-refractivity contribution < 1.29 is 9.53 Å². The Bertz CT molecular complexity index is 658. The molecule has 122 valence electrons. The van der Waals surface area contributed by atoms with Crippen molar-refractivity contribution in [3.05, 3.63) is 64.7 Å². The number of benzene rings is 2. The number of carbonyl (C=O) groups excluding carboxylic acids is 1. The zero-order valence-corrected chi connectivity index (χ0v) is 14.4. The highest BCUT2D eigenvalue weighted by Gasteiger charge is 2.20. The molecule has 23 heavy (non-hydrogen) atoms. The quantitative estimate of drug-likeness (QED) is 0.834. The minimum absolute atomic E-state index is 0.0618. The SMILES string of the molecule is CC[C@@H](Oc1ccc(Cl)c(C)c1)C(=O)N[C@@H](C)c1ccccc1. The van der Waals surface area contributed by atoms with Gasteiger partial charge in [-0.2, -0.15) is 0 Å². The summed E-state index contributed by atoms with van der Waals surface area (Å²) in [7, 11) is 0. The summed E-state index contributed by atoms with van der Waals surface area (Å²) in [5.41, 5.74) is 2.00. The first kappa shape index (κ1) is 17.4. The molecule has 2 atom stereocenters. The molecule has 3 nitrogen and oxygen atoms in total. The summed E-state index contributed by atoms with van der Waals surface area (Å²) < 4.78 is 5.83. The predicted octanol–water partition coefficient (Wildman–Crippen LogP) is 4.68. The van der Waals surface area contributed by atoms with Crippen LogP contribution < -0.4 is 10.1 Å². The molecule has 1 N–H and O–H groups in total. The smallest absolute Gasteiger partial charge is 0.261 e. The standard InChI is InChI=1S/C19H22ClNO2/c1-4-18(23-16-10-11-17(20)13(2)12-16)19(22)21-14(3)15-8-6-5-7-9-15/h5-12,14,18H,4H2,1-3H3,(H,21,22)/t14-,18+/m0/s1. The van der Waals surface area contributed by atoms with E-state index in [2.05, 4.69) is 5.32 Å². The zero-order valence-electron chi connectivity index (χ0n) is 13.7. The fraction of sp³-hybridized carbons (Fsp3) is 0.316. The highest BCUT2D eigenvalue weighted by molar-refractivity contribution is 6.31. The Morgan fingerprint density at radius 2 is 1.91 bits per heavy atom. The summed E-state index contributed by atoms with van der Waals surface area (Å²) in [6, 6.07) is 15.2. The van der Waals surface area contributed by atoms with Crippen LogP contribution in [0.25, 0.3) is 0 Å². The van der Waals surface area contributed by atoms with E-state index in [-0.39, 0.29) is 11.9 Å². The van der Waals surface area contributed by atoms with Crippen LogP contribution in [0, 0.1) is 6.92 Å². The lowest BCUT2D eigenvalue weighted by Gasteiger charge is -2.21. The van der Waals surface area contributed by atoms with Gasteiger partial charge in [0.15, 0.2) is 6.10 Å². The van der Waals surface area contributed by atoms with Crippen molar-refractivity contribution in [2.75, 3.05) is 0 Å². The normalized spacial score (nSPS) is 13.2. The molecule has 0 aliphatic heterocycles. The highest BCUT2D eigenvalue weighted by atomic mass is 35.5. The summed E-state index contributed by atoms with van der Waals surface area (Å²) in [4.78, 5) is 12.5. The summed E-state index contributed by atoms with van der Waals surface area (Å²) in [5.74, 6) is 0.540. The van der Waals surface area contributed by atoms with Gasteiger partial charge >= 0.3 is 0 Å². The number of halogens is 1. The summed E-state index contributed by atoms with van der Waals surface area (Å²) >= 11 is 6.02. The molecule has 2 aromatic rings. The average Bonchev–Trinajstić information content (AvgIpc) is 2.56. The van der Waals surface area contributed by atoms with Gasteiger partial charge in [0.25, 0.3) is 5.91 Å². The van der Waals surface area contributed by atoms with E-state index in [1.807, 2.05) is 57.2 Å². The molecule has 0 unspecified atom stereocenters. The van der Waals surface area contributed by atoms with Crippen LogP contribution in [0.5, 0.6) is 5.75 Å². The second-order valence-electron chi connectivity index (χ2n) is 5.57. The van der Waals surface area contributed by atoms with E-state index in [9.17, 15) is 4.79 Å². The van der Waals surface area contributed by atoms with E-state index >= 15 is 0 Å². The Hall–Kier alpha value is -2.00. The lowest BCUT2D eigenvalue weighted by Crippen LogP contribution is -2.39. The van der Waals surface area contributed by atoms with Crippen molar-refractivity contribution in [3.8, 4) is 5.75 Å². The number of carbonyl (C=O) groups is 1. The fourth-order valence-electron chi connectivity index (χ4n) is 2.31. The molecule has 0 aromatic heterocycles. The molecular formula is C19H22ClNO2. The van der Waals surface area contributed by atoms with Crippen LogP contribution in [0.15, 0.2) is 48.5 Å². The third kappa shape index (κ3) is 4.73. The van der Waals surface area contributed by atoms with Crippen molar-refractivity contribution in [2.45, 2.75) is 39.3 Å². The molecule has 0 saturated heterocycles. The molecule has 0 radical (unpaired) electrons. The summed E-state index contributed by atoms with van der Waals surface area (Å²) in [6.45, 7) is 5.81. The number of nitrogens with one attached hydrogen (secondary N) is 1. The number of rotatable bonds is 6. The molecule has 0 spiro atoms. The number of hydrogen-bond acceptors (Lipinski definition) is 2. The highest BCUT2D eigenvalue weighted by Crippen LogP contribution is 2.22. The van der Waals surface area contributed by atoms with Crippen LogP contribution in [0.1, 0.15) is 37.4 Å². The van der Waals surface area contributed by atoms with Crippen LogP contribution in [-0.4, -0.2) is 12.0 Å². The van der Waals surface area contributed by atoms with E-state index in [4.69, 9.17) is 16.3 Å². The van der Waals surface area contributed by atoms with Crippen LogP contribution in [0.3, 0.4) is 0 Å². The third-order valence-corrected chi connectivity index (χ3v) is 4.15. The topological polar surface area (TPSA) is 38.3 Å². The molecule has 0 aliphatic rings. The van der Waals surface area contributed by atoms with Crippen molar-refractivity contribution in [1.82, 2.24) is 5.32 Å². The molecule has 4 heteroatoms. The van der Waals surface area contributed by atoms with Gasteiger partial charge in [-0.05, 0) is 49.6 Å². The van der Waals surface area contributed by atoms with Crippen LogP contribution in [0.4, 0.5) is 0 Å². The minimum Gasteiger partial charge on any atom is -0.481 e. The molecule has 0 aliphatic carbocycles. The first-order valence-electron chi connectivity index (χ1n) is 7.79. The van der Waals surface area contributed by atoms with Gasteiger partial charge in [-0.25, -0.2) is 0 Å². The lowest BCUT2D eigenvalue weighted by molar-refractivity contribution is -0.128. The van der Waals surface area contributed by atoms with Crippen LogP contribution >= 0.6 is 11.6 Å². The Kier molecular flexibility index (Phi) is 6.05. The molecular weight excluding hydrogens is 310 g/mol. The zero-order chi connectivity index (χ0) is 16.8. The summed E-state index contributed by atoms with van der Waals surface area (Å²) in [6.07, 6.45) is 0.0661. The molecule has 2 rings (SSSR count). The first-order valence-corrected chi connectivity index (χ1v) is 8.17. The average molecular weight is 332 g/mol. The van der Waals surface area contributed by atoms with Gasteiger partial charge in [-0.3, -0.25) is 4.79 Å². The van der Waals surface area contributed by atoms with Crippen LogP contribution in [-0.2, 0) is 4.79 Å². The number of hydrogen-bond donors (Lipinski definition) is 1. The van der Waals surface area contributed by atoms with Crippen molar-refractivity contribution in [2.24, 2.45) is 0 Å². The molecule has 2 aromatic carbocycles. The first-order chi connectivity index (χ1) is 11.0. The van der Waals surface area contributed by atoms with E-state index in [0.29, 0.717) is 17.2 Å². The maximum atomic E-state index is 12.5. The largest absolute Gasteiger partial charge is 0.481 e. The third-order valence-electron chi connectivity index (χ3n) is 3.73. The number of ether oxygens (including phenoxy) is 1. The number of aryl methyl sites for hydroxylation is 1. The Balaban J connectivity index is 2.02. The minimum atomic E-state index is -0.526. The van der Waals surface area contributed by atoms with Crippen molar-refractivity contribution in [3.63, 3.8) is 0 Å². The monoisotopic (exact) mass is 331 g/mol. The van der Waals surface area contributed by atoms with E-state index in [1.165, 1.54) is 0 Å². The van der Waals surface area contributed by atoms with Gasteiger partial charge < -0.3 is 10.1 Å². The Labute approximate surface area is 142 Å². The van der Waals surface area contributed by atoms with E-state index in [0.717, 1.165) is 11.1 Å².